The van der Waals surface area contributed by atoms with Gasteiger partial charge in [-0.05, 0) is 41.6 Å². The number of hydrogen-bond donors (Lipinski definition) is 1. The van der Waals surface area contributed by atoms with Gasteiger partial charge in [-0.15, -0.1) is 0 Å². The zero-order valence-electron chi connectivity index (χ0n) is 8.82. The molecular weight excluding hydrogens is 258 g/mol. The Morgan fingerprint density at radius 3 is 3.00 bits per heavy atom. The first-order valence-electron chi connectivity index (χ1n) is 5.23. The van der Waals surface area contributed by atoms with Crippen molar-refractivity contribution in [3.05, 3.63) is 10.7 Å². The summed E-state index contributed by atoms with van der Waals surface area (Å²) in [4.78, 5) is 0. The Morgan fingerprint density at radius 1 is 1.60 bits per heavy atom. The minimum Gasteiger partial charge on any atom is -0.383 e. The zero-order chi connectivity index (χ0) is 10.8. The van der Waals surface area contributed by atoms with Gasteiger partial charge >= 0.3 is 0 Å². The van der Waals surface area contributed by atoms with Crippen LogP contribution in [0.4, 0.5) is 5.82 Å². The third kappa shape index (κ3) is 2.18. The van der Waals surface area contributed by atoms with Crippen LogP contribution in [0.5, 0.6) is 0 Å². The van der Waals surface area contributed by atoms with Crippen molar-refractivity contribution in [1.29, 1.82) is 0 Å². The molecule has 0 aliphatic heterocycles. The molecule has 1 aromatic heterocycles. The molecule has 0 aromatic carbocycles. The lowest BCUT2D eigenvalue weighted by atomic mass is 9.93. The van der Waals surface area contributed by atoms with Crippen molar-refractivity contribution >= 4 is 21.7 Å². The van der Waals surface area contributed by atoms with Crippen LogP contribution >= 0.6 is 15.9 Å². The molecule has 2 rings (SSSR count). The topological polar surface area (TPSA) is 53.1 Å². The van der Waals surface area contributed by atoms with Crippen molar-refractivity contribution in [2.24, 2.45) is 0 Å². The standard InChI is InChI=1S/C10H16BrN3O/c1-15-8-4-2-3-7(5-8)14-10(12)9(11)6-13-14/h6-8H,2-5,12H2,1H3. The number of rotatable bonds is 2. The first kappa shape index (κ1) is 11.0. The highest BCUT2D eigenvalue weighted by Crippen LogP contribution is 2.32. The molecule has 15 heavy (non-hydrogen) atoms. The van der Waals surface area contributed by atoms with Crippen molar-refractivity contribution in [2.75, 3.05) is 12.8 Å². The summed E-state index contributed by atoms with van der Waals surface area (Å²) in [6, 6.07) is 0.384. The van der Waals surface area contributed by atoms with Crippen LogP contribution < -0.4 is 5.73 Å². The van der Waals surface area contributed by atoms with Gasteiger partial charge < -0.3 is 10.5 Å². The lowest BCUT2D eigenvalue weighted by Crippen LogP contribution is -2.25. The molecule has 1 heterocycles. The molecule has 1 saturated carbocycles. The molecule has 2 unspecified atom stereocenters. The summed E-state index contributed by atoms with van der Waals surface area (Å²) in [6.07, 6.45) is 6.58. The number of nitrogens with two attached hydrogens (primary N) is 1. The van der Waals surface area contributed by atoms with E-state index in [9.17, 15) is 0 Å². The van der Waals surface area contributed by atoms with Gasteiger partial charge in [-0.1, -0.05) is 0 Å². The maximum absolute atomic E-state index is 5.93. The Kier molecular flexibility index (Phi) is 3.31. The molecule has 0 spiro atoms. The van der Waals surface area contributed by atoms with E-state index >= 15 is 0 Å². The summed E-state index contributed by atoms with van der Waals surface area (Å²) in [6.45, 7) is 0. The van der Waals surface area contributed by atoms with E-state index in [-0.39, 0.29) is 0 Å². The van der Waals surface area contributed by atoms with Gasteiger partial charge in [-0.25, -0.2) is 4.68 Å². The van der Waals surface area contributed by atoms with Gasteiger partial charge in [0.15, 0.2) is 0 Å². The van der Waals surface area contributed by atoms with E-state index in [1.165, 1.54) is 6.42 Å². The average Bonchev–Trinajstić information content (AvgIpc) is 2.60. The quantitative estimate of drug-likeness (QED) is 0.900. The van der Waals surface area contributed by atoms with Crippen LogP contribution in [0.2, 0.25) is 0 Å². The van der Waals surface area contributed by atoms with Crippen molar-refractivity contribution in [1.82, 2.24) is 9.78 Å². The number of methoxy groups -OCH3 is 1. The molecule has 5 heteroatoms. The lowest BCUT2D eigenvalue weighted by Gasteiger charge is -2.28. The second kappa shape index (κ2) is 4.53. The van der Waals surface area contributed by atoms with Gasteiger partial charge in [0.25, 0.3) is 0 Å². The van der Waals surface area contributed by atoms with E-state index in [2.05, 4.69) is 21.0 Å². The van der Waals surface area contributed by atoms with E-state index in [4.69, 9.17) is 10.5 Å². The Hall–Kier alpha value is -0.550. The minimum absolute atomic E-state index is 0.353. The van der Waals surface area contributed by atoms with Crippen LogP contribution in [-0.4, -0.2) is 23.0 Å². The van der Waals surface area contributed by atoms with Gasteiger partial charge in [0.1, 0.15) is 5.82 Å². The maximum atomic E-state index is 5.93. The summed E-state index contributed by atoms with van der Waals surface area (Å²) < 4.78 is 8.18. The van der Waals surface area contributed by atoms with Gasteiger partial charge in [0, 0.05) is 7.11 Å². The van der Waals surface area contributed by atoms with E-state index in [0.29, 0.717) is 12.1 Å². The second-order valence-electron chi connectivity index (χ2n) is 4.00. The van der Waals surface area contributed by atoms with Gasteiger partial charge in [-0.2, -0.15) is 5.10 Å². The zero-order valence-corrected chi connectivity index (χ0v) is 10.4. The first-order chi connectivity index (χ1) is 7.22. The Bertz CT molecular complexity index is 339. The average molecular weight is 274 g/mol. The maximum Gasteiger partial charge on any atom is 0.136 e. The van der Waals surface area contributed by atoms with E-state index < -0.39 is 0 Å². The van der Waals surface area contributed by atoms with Crippen LogP contribution in [0.3, 0.4) is 0 Å². The van der Waals surface area contributed by atoms with Crippen molar-refractivity contribution in [3.8, 4) is 0 Å². The largest absolute Gasteiger partial charge is 0.383 e. The lowest BCUT2D eigenvalue weighted by molar-refractivity contribution is 0.0512. The number of halogens is 1. The number of ether oxygens (including phenoxy) is 1. The highest BCUT2D eigenvalue weighted by Gasteiger charge is 2.25. The minimum atomic E-state index is 0.353. The SMILES string of the molecule is COC1CCCC(n2ncc(Br)c2N)C1. The number of anilines is 1. The van der Waals surface area contributed by atoms with Crippen LogP contribution in [0.1, 0.15) is 31.7 Å². The van der Waals surface area contributed by atoms with Gasteiger partial charge in [0.2, 0.25) is 0 Å². The fraction of sp³-hybridized carbons (Fsp3) is 0.700. The third-order valence-corrected chi connectivity index (χ3v) is 3.68. The molecule has 0 saturated heterocycles. The monoisotopic (exact) mass is 273 g/mol. The molecule has 1 aromatic rings. The fourth-order valence-corrected chi connectivity index (χ4v) is 2.47. The molecule has 0 amide bonds. The molecule has 4 nitrogen and oxygen atoms in total. The summed E-state index contributed by atoms with van der Waals surface area (Å²) >= 11 is 3.38. The van der Waals surface area contributed by atoms with Crippen molar-refractivity contribution in [2.45, 2.75) is 37.8 Å². The normalized spacial score (nSPS) is 26.8. The number of nitrogens with zero attached hydrogens (tertiary/aromatic N) is 2. The van der Waals surface area contributed by atoms with Crippen molar-refractivity contribution < 1.29 is 4.74 Å². The molecule has 1 aliphatic rings. The molecule has 84 valence electrons. The smallest absolute Gasteiger partial charge is 0.136 e. The van der Waals surface area contributed by atoms with Gasteiger partial charge in [0.05, 0.1) is 22.8 Å². The highest BCUT2D eigenvalue weighted by atomic mass is 79.9. The van der Waals surface area contributed by atoms with E-state index in [1.807, 2.05) is 4.68 Å². The second-order valence-corrected chi connectivity index (χ2v) is 4.85. The fourth-order valence-electron chi connectivity index (χ4n) is 2.20. The molecule has 1 fully saturated rings. The molecule has 2 N–H and O–H groups in total. The summed E-state index contributed by atoms with van der Waals surface area (Å²) in [5.74, 6) is 0.719. The van der Waals surface area contributed by atoms with Crippen molar-refractivity contribution in [3.63, 3.8) is 0 Å². The Balaban J connectivity index is 2.13. The Labute approximate surface area is 97.9 Å². The summed E-state index contributed by atoms with van der Waals surface area (Å²) in [7, 11) is 1.77. The van der Waals surface area contributed by atoms with E-state index in [1.54, 1.807) is 13.3 Å². The highest BCUT2D eigenvalue weighted by molar-refractivity contribution is 9.10. The molecule has 0 bridgehead atoms. The van der Waals surface area contributed by atoms with Crippen LogP contribution in [-0.2, 0) is 4.74 Å². The third-order valence-electron chi connectivity index (χ3n) is 3.06. The number of hydrogen-bond acceptors (Lipinski definition) is 3. The molecule has 0 radical (unpaired) electrons. The first-order valence-corrected chi connectivity index (χ1v) is 6.03. The van der Waals surface area contributed by atoms with Crippen LogP contribution in [0.25, 0.3) is 0 Å². The molecule has 1 aliphatic carbocycles. The van der Waals surface area contributed by atoms with Crippen LogP contribution in [0.15, 0.2) is 10.7 Å². The number of nitrogen functional groups attached to an aromatic ring is 1. The Morgan fingerprint density at radius 2 is 2.40 bits per heavy atom. The predicted octanol–water partition coefficient (Wildman–Crippen LogP) is 2.36. The summed E-state index contributed by atoms with van der Waals surface area (Å²) in [5, 5.41) is 4.30. The predicted molar refractivity (Wildman–Crippen MR) is 62.6 cm³/mol. The molecular formula is C10H16BrN3O. The van der Waals surface area contributed by atoms with Gasteiger partial charge in [-0.3, -0.25) is 0 Å². The molecule has 2 atom stereocenters. The van der Waals surface area contributed by atoms with Crippen LogP contribution in [0, 0.1) is 0 Å². The summed E-state index contributed by atoms with van der Waals surface area (Å²) in [5.41, 5.74) is 5.93. The number of aromatic nitrogens is 2. The van der Waals surface area contributed by atoms with E-state index in [0.717, 1.165) is 29.6 Å².